The second-order valence-corrected chi connectivity index (χ2v) is 55.1. The molecule has 2 aliphatic rings. The molecule has 0 aromatic heterocycles. The Morgan fingerprint density at radius 2 is 0.226 bits per heavy atom. The molecule has 10 rings (SSSR count). The Hall–Kier alpha value is -6.68. The molecule has 0 heterocycles. The van der Waals surface area contributed by atoms with Crippen molar-refractivity contribution in [3.63, 3.8) is 0 Å². The first-order chi connectivity index (χ1) is 63.4. The summed E-state index contributed by atoms with van der Waals surface area (Å²) < 4.78 is 76.4. The molecule has 8 aromatic carbocycles. The molecule has 8 aromatic rings. The van der Waals surface area contributed by atoms with Gasteiger partial charge in [0, 0.05) is 214 Å². The van der Waals surface area contributed by atoms with Gasteiger partial charge in [0.15, 0.2) is 0 Å². The van der Waals surface area contributed by atoms with Crippen molar-refractivity contribution in [3.05, 3.63) is 231 Å². The molecule has 0 fully saturated rings. The Morgan fingerprint density at radius 1 is 0.185 bits per heavy atom. The van der Waals surface area contributed by atoms with Crippen LogP contribution in [0.25, 0.3) is 0 Å². The van der Waals surface area contributed by atoms with Crippen LogP contribution in [0.1, 0.15) is 327 Å². The maximum atomic E-state index is 14.3. The van der Waals surface area contributed by atoms with Gasteiger partial charge in [0.2, 0.25) is 0 Å². The number of hydrogen-bond donors (Lipinski definition) is 0. The number of hydrogen-bond acceptors (Lipinski definition) is 22. The van der Waals surface area contributed by atoms with Crippen molar-refractivity contribution in [2.75, 3.05) is 100 Å². The zero-order valence-electron chi connectivity index (χ0n) is 94.9. The minimum atomic E-state index is -0.611. The minimum absolute atomic E-state index is 0. The molecule has 0 unspecified atom stereocenters. The molecule has 2 radical (unpaired) electrons. The van der Waals surface area contributed by atoms with Crippen molar-refractivity contribution in [2.45, 2.75) is 289 Å². The van der Waals surface area contributed by atoms with E-state index < -0.39 is 86.4 Å². The van der Waals surface area contributed by atoms with Crippen molar-refractivity contribution < 1.29 is 154 Å². The molecule has 34 heteroatoms. The average molecular weight is 2330 g/mol. The van der Waals surface area contributed by atoms with Gasteiger partial charge in [-0.2, -0.15) is 21.0 Å². The van der Waals surface area contributed by atoms with Crippen LogP contribution in [0.4, 0.5) is 0 Å². The predicted molar refractivity (Wildman–Crippen MR) is 588 cm³/mol. The SMILES string of the molecule is CC#N.CC#N.CC#N.CC#N.CC(C)(C)c1cc2c([O-])c(c1)Cc1cc(C(C)(C)C)cc(c1[O-])Cc1cc(C(C)(C)C)cc(c1[O-])Cc1cc(C(C)(C)C)cc(c1[O-])C2.CC(C)(C)c1cc2c([O-])c(c1)Cc1cc(C(C)(C)C)cc(c1[O-])Cc1cc(C(C)(C)C)cc(c1[O-])Cc1cc(C(C)(C)C)cc(c1[O-])C2.CS(C)=O.CS(C)=O.CS(C)=O.CS(C)=O.CS(C)=O.CS(C)=O.CS(C)=O.CS(C)=O.[Mn+2].[Mn+2].[Mn+3].[Mn+3].[OH-].[OH-]. The molecule has 0 atom stereocenters. The quantitative estimate of drug-likeness (QED) is 0.127. The number of rotatable bonds is 0. The number of fused-ring (bicyclic) bond motifs is 16. The van der Waals surface area contributed by atoms with Crippen LogP contribution in [0.3, 0.4) is 0 Å². The Bertz CT molecular complexity index is 4540. The van der Waals surface area contributed by atoms with Gasteiger partial charge in [-0.25, -0.2) is 0 Å². The molecule has 0 spiro atoms. The summed E-state index contributed by atoms with van der Waals surface area (Å²) >= 11 is 0. The summed E-state index contributed by atoms with van der Waals surface area (Å²) in [6.07, 6.45) is 27.7. The van der Waals surface area contributed by atoms with Crippen LogP contribution in [0.15, 0.2) is 97.1 Å². The molecule has 2 aliphatic carbocycles. The fraction of sp³-hybridized carbons (Fsp3) is 0.536. The molecular weight excluding hydrogens is 2170 g/mol. The molecule has 22 nitrogen and oxygen atoms in total. The van der Waals surface area contributed by atoms with Crippen LogP contribution >= 0.6 is 0 Å². The third kappa shape index (κ3) is 63.0. The Balaban J connectivity index is -0.000000219. The van der Waals surface area contributed by atoms with E-state index in [2.05, 4.69) is 166 Å². The van der Waals surface area contributed by atoms with E-state index in [1.807, 2.05) is 97.1 Å². The van der Waals surface area contributed by atoms with Gasteiger partial charge in [-0.15, -0.1) is 46.0 Å². The van der Waals surface area contributed by atoms with Crippen LogP contribution in [-0.4, -0.2) is 145 Å². The Labute approximate surface area is 942 Å². The molecule has 0 amide bonds. The Kier molecular flexibility index (Phi) is 79.4. The van der Waals surface area contributed by atoms with Crippen molar-refractivity contribution in [3.8, 4) is 70.3 Å². The third-order valence-electron chi connectivity index (χ3n) is 19.9. The van der Waals surface area contributed by atoms with E-state index in [-0.39, 0.29) is 220 Å². The van der Waals surface area contributed by atoms with Crippen LogP contribution in [0.2, 0.25) is 0 Å². The minimum Gasteiger partial charge on any atom is -0.872 e. The maximum Gasteiger partial charge on any atom is 3.00 e. The molecule has 2 N–H and O–H groups in total. The predicted octanol–water partition coefficient (Wildman–Crippen LogP) is 17.4. The molecule has 0 saturated heterocycles. The molecule has 146 heavy (non-hydrogen) atoms. The molecule has 818 valence electrons. The summed E-state index contributed by atoms with van der Waals surface area (Å²) in [4.78, 5) is 0. The van der Waals surface area contributed by atoms with Crippen molar-refractivity contribution in [2.24, 2.45) is 0 Å². The van der Waals surface area contributed by atoms with Crippen LogP contribution in [0, 0.1) is 45.3 Å². The van der Waals surface area contributed by atoms with Gasteiger partial charge in [-0.05, 0) is 139 Å². The monoisotopic (exact) mass is 2330 g/mol. The van der Waals surface area contributed by atoms with Gasteiger partial charge in [0.25, 0.3) is 0 Å². The van der Waals surface area contributed by atoms with E-state index in [1.54, 1.807) is 124 Å². The van der Waals surface area contributed by atoms with Crippen LogP contribution < -0.4 is 40.9 Å². The third-order valence-corrected chi connectivity index (χ3v) is 19.9. The topological polar surface area (TPSA) is 476 Å². The molecule has 0 saturated carbocycles. The largest absolute Gasteiger partial charge is 3.00 e. The van der Waals surface area contributed by atoms with Gasteiger partial charge in [0.1, 0.15) is 0 Å². The average Bonchev–Trinajstić information content (AvgIpc) is 0.769. The second-order valence-electron chi connectivity index (χ2n) is 43.2. The van der Waals surface area contributed by atoms with Crippen LogP contribution in [-0.2, 0) is 249 Å². The molecule has 0 aliphatic heterocycles. The maximum absolute atomic E-state index is 14.3. The van der Waals surface area contributed by atoms with E-state index in [9.17, 15) is 74.5 Å². The zero-order chi connectivity index (χ0) is 111. The van der Waals surface area contributed by atoms with Gasteiger partial charge in [-0.1, -0.05) is 352 Å². The van der Waals surface area contributed by atoms with E-state index in [0.717, 1.165) is 44.5 Å². The smallest absolute Gasteiger partial charge is 0.872 e. The van der Waals surface area contributed by atoms with Gasteiger partial charge < -0.3 is 51.8 Å². The summed E-state index contributed by atoms with van der Waals surface area (Å²) in [5.41, 5.74) is 14.8. The van der Waals surface area contributed by atoms with Gasteiger partial charge in [0.05, 0.1) is 24.3 Å². The zero-order valence-corrected chi connectivity index (χ0v) is 106. The molecular formula is C112H166Mn4N4O18S8. The number of nitriles is 4. The summed E-state index contributed by atoms with van der Waals surface area (Å²) in [5, 5.41) is 144. The van der Waals surface area contributed by atoms with E-state index in [4.69, 9.17) is 21.0 Å². The van der Waals surface area contributed by atoms with E-state index >= 15 is 0 Å². The van der Waals surface area contributed by atoms with Crippen molar-refractivity contribution >= 4 is 86.4 Å². The number of nitrogens with zero attached hydrogens (tertiary/aromatic N) is 4. The Morgan fingerprint density at radius 3 is 0.260 bits per heavy atom. The van der Waals surface area contributed by atoms with Gasteiger partial charge in [-0.3, -0.25) is 33.7 Å². The van der Waals surface area contributed by atoms with Gasteiger partial charge >= 0.3 is 68.3 Å². The normalized spacial score (nSPS) is 11.5. The first-order valence-corrected chi connectivity index (χ1v) is 61.0. The fourth-order valence-electron chi connectivity index (χ4n) is 13.2. The van der Waals surface area contributed by atoms with Crippen molar-refractivity contribution in [1.82, 2.24) is 0 Å². The van der Waals surface area contributed by atoms with Crippen LogP contribution in [0.5, 0.6) is 46.0 Å². The first kappa shape index (κ1) is 159. The fourth-order valence-corrected chi connectivity index (χ4v) is 13.2. The summed E-state index contributed by atoms with van der Waals surface area (Å²) in [6, 6.07) is 38.1. The second kappa shape index (κ2) is 72.8. The summed E-state index contributed by atoms with van der Waals surface area (Å²) in [7, 11) is -4.89. The summed E-state index contributed by atoms with van der Waals surface area (Å²) in [5.74, 6) is -0.991. The van der Waals surface area contributed by atoms with Crippen molar-refractivity contribution in [1.29, 1.82) is 21.0 Å². The number of benzene rings is 8. The van der Waals surface area contributed by atoms with E-state index in [1.165, 1.54) is 27.7 Å². The molecule has 16 bridgehead atoms. The standard InChI is InChI=1S/2C44H56O4.4C2H3N.8C2H6OS.4Mn.2H2O/c2*1-41(2,3)33-17-25-13-27-19-34(42(4,5)6)21-29(38(27)46)15-31-23-36(44(10,11)12)24-32(40(31)48)16-30-22-35(43(7,8)9)20-28(39(30)47)14-26(18-33)37(25)45;4*1-2-3;8*1-4(2)3;;;;;;/h2*17-24,45-48H,13-16H2,1-12H3;4*1H3;8*1-2H3;;;;;2*1H2/q;;;;;;;;;;;;;;2*+2;2*+3;;/p-10. The summed E-state index contributed by atoms with van der Waals surface area (Å²) in [6.45, 7) is 56.4. The first-order valence-electron chi connectivity index (χ1n) is 45.3. The van der Waals surface area contributed by atoms with E-state index in [0.29, 0.717) is 89.0 Å².